The Hall–Kier alpha value is -1.12. The quantitative estimate of drug-likeness (QED) is 0.720. The van der Waals surface area contributed by atoms with Crippen molar-refractivity contribution in [2.75, 3.05) is 5.73 Å². The van der Waals surface area contributed by atoms with Gasteiger partial charge in [0.2, 0.25) is 5.95 Å². The largest absolute Gasteiger partial charge is 0.368 e. The van der Waals surface area contributed by atoms with E-state index < -0.39 is 0 Å². The summed E-state index contributed by atoms with van der Waals surface area (Å²) in [5, 5.41) is 0. The molecule has 0 aromatic carbocycles. The van der Waals surface area contributed by atoms with Crippen LogP contribution in [0.25, 0.3) is 0 Å². The average Bonchev–Trinajstić information content (AvgIpc) is 2.03. The first kappa shape index (κ1) is 9.96. The van der Waals surface area contributed by atoms with Crippen molar-refractivity contribution in [3.63, 3.8) is 0 Å². The van der Waals surface area contributed by atoms with Crippen molar-refractivity contribution < 1.29 is 0 Å². The molecule has 0 saturated carbocycles. The Morgan fingerprint density at radius 3 is 2.69 bits per heavy atom. The third kappa shape index (κ3) is 3.40. The fraction of sp³-hybridized carbons (Fsp3) is 0.600. The summed E-state index contributed by atoms with van der Waals surface area (Å²) in [6.45, 7) is 4.14. The Morgan fingerprint density at radius 2 is 2.08 bits per heavy atom. The number of aryl methyl sites for hydroxylation is 2. The lowest BCUT2D eigenvalue weighted by atomic mass is 10.1. The maximum Gasteiger partial charge on any atom is 0.220 e. The Kier molecular flexibility index (Phi) is 3.68. The van der Waals surface area contributed by atoms with Crippen molar-refractivity contribution >= 4 is 5.95 Å². The average molecular weight is 179 g/mol. The van der Waals surface area contributed by atoms with Crippen LogP contribution >= 0.6 is 0 Å². The second-order valence-electron chi connectivity index (χ2n) is 3.32. The number of hydrogen-bond acceptors (Lipinski definition) is 3. The van der Waals surface area contributed by atoms with Crippen LogP contribution in [0.4, 0.5) is 5.95 Å². The molecule has 13 heavy (non-hydrogen) atoms. The Bertz CT molecular complexity index is 251. The molecule has 72 valence electrons. The SMILES string of the molecule is CCCCCc1cc(C)nc(N)n1. The van der Waals surface area contributed by atoms with E-state index in [0.717, 1.165) is 17.8 Å². The number of hydrogen-bond donors (Lipinski definition) is 1. The molecule has 0 bridgehead atoms. The first-order valence-corrected chi connectivity index (χ1v) is 4.82. The summed E-state index contributed by atoms with van der Waals surface area (Å²) in [6, 6.07) is 2.01. The first-order valence-electron chi connectivity index (χ1n) is 4.82. The molecule has 0 unspecified atom stereocenters. The zero-order valence-electron chi connectivity index (χ0n) is 8.38. The molecule has 2 N–H and O–H groups in total. The van der Waals surface area contributed by atoms with E-state index in [4.69, 9.17) is 5.73 Å². The second kappa shape index (κ2) is 4.80. The summed E-state index contributed by atoms with van der Waals surface area (Å²) < 4.78 is 0. The van der Waals surface area contributed by atoms with Crippen LogP contribution in [0, 0.1) is 6.92 Å². The zero-order valence-corrected chi connectivity index (χ0v) is 8.38. The molecule has 0 radical (unpaired) electrons. The minimum absolute atomic E-state index is 0.395. The van der Waals surface area contributed by atoms with Crippen molar-refractivity contribution in [3.05, 3.63) is 17.5 Å². The number of nitrogens with zero attached hydrogens (tertiary/aromatic N) is 2. The van der Waals surface area contributed by atoms with E-state index in [1.54, 1.807) is 0 Å². The molecule has 1 aromatic heterocycles. The zero-order chi connectivity index (χ0) is 9.68. The van der Waals surface area contributed by atoms with E-state index in [0.29, 0.717) is 5.95 Å². The van der Waals surface area contributed by atoms with E-state index in [9.17, 15) is 0 Å². The summed E-state index contributed by atoms with van der Waals surface area (Å²) >= 11 is 0. The molecule has 0 aliphatic carbocycles. The summed E-state index contributed by atoms with van der Waals surface area (Å²) in [7, 11) is 0. The van der Waals surface area contributed by atoms with E-state index in [1.165, 1.54) is 19.3 Å². The number of anilines is 1. The Balaban J connectivity index is 2.56. The molecule has 0 aliphatic heterocycles. The van der Waals surface area contributed by atoms with E-state index >= 15 is 0 Å². The third-order valence-corrected chi connectivity index (χ3v) is 1.96. The monoisotopic (exact) mass is 179 g/mol. The van der Waals surface area contributed by atoms with E-state index in [1.807, 2.05) is 13.0 Å². The van der Waals surface area contributed by atoms with Gasteiger partial charge < -0.3 is 5.73 Å². The molecule has 0 atom stereocenters. The first-order chi connectivity index (χ1) is 6.22. The fourth-order valence-corrected chi connectivity index (χ4v) is 1.34. The van der Waals surface area contributed by atoms with Crippen LogP contribution in [0.1, 0.15) is 37.6 Å². The van der Waals surface area contributed by atoms with Gasteiger partial charge in [0.05, 0.1) is 0 Å². The van der Waals surface area contributed by atoms with Crippen LogP contribution in [0.15, 0.2) is 6.07 Å². The molecule has 3 heteroatoms. The maximum absolute atomic E-state index is 5.54. The predicted molar refractivity (Wildman–Crippen MR) is 54.4 cm³/mol. The third-order valence-electron chi connectivity index (χ3n) is 1.96. The van der Waals surface area contributed by atoms with E-state index in [2.05, 4.69) is 16.9 Å². The van der Waals surface area contributed by atoms with Crippen LogP contribution in [0.5, 0.6) is 0 Å². The maximum atomic E-state index is 5.54. The van der Waals surface area contributed by atoms with Gasteiger partial charge in [0, 0.05) is 11.4 Å². The van der Waals surface area contributed by atoms with Crippen molar-refractivity contribution in [2.24, 2.45) is 0 Å². The lowest BCUT2D eigenvalue weighted by molar-refractivity contribution is 0.706. The molecule has 1 heterocycles. The van der Waals surface area contributed by atoms with Gasteiger partial charge in [0.1, 0.15) is 0 Å². The molecule has 0 spiro atoms. The van der Waals surface area contributed by atoms with E-state index in [-0.39, 0.29) is 0 Å². The highest BCUT2D eigenvalue weighted by atomic mass is 15.0. The van der Waals surface area contributed by atoms with Gasteiger partial charge in [-0.2, -0.15) is 0 Å². The van der Waals surface area contributed by atoms with Crippen LogP contribution < -0.4 is 5.73 Å². The highest BCUT2D eigenvalue weighted by Crippen LogP contribution is 2.06. The molecule has 0 amide bonds. The number of aromatic nitrogens is 2. The molecule has 0 saturated heterocycles. The van der Waals surface area contributed by atoms with Gasteiger partial charge in [-0.25, -0.2) is 9.97 Å². The summed E-state index contributed by atoms with van der Waals surface area (Å²) in [5.41, 5.74) is 7.57. The lowest BCUT2D eigenvalue weighted by Crippen LogP contribution is -2.00. The van der Waals surface area contributed by atoms with Gasteiger partial charge in [-0.1, -0.05) is 19.8 Å². The van der Waals surface area contributed by atoms with Gasteiger partial charge in [-0.3, -0.25) is 0 Å². The minimum Gasteiger partial charge on any atom is -0.368 e. The Morgan fingerprint density at radius 1 is 1.31 bits per heavy atom. The molecule has 3 nitrogen and oxygen atoms in total. The number of rotatable bonds is 4. The molecular weight excluding hydrogens is 162 g/mol. The molecule has 1 aromatic rings. The smallest absolute Gasteiger partial charge is 0.220 e. The fourth-order valence-electron chi connectivity index (χ4n) is 1.34. The molecule has 0 fully saturated rings. The van der Waals surface area contributed by atoms with Gasteiger partial charge in [0.25, 0.3) is 0 Å². The van der Waals surface area contributed by atoms with Crippen molar-refractivity contribution in [1.82, 2.24) is 9.97 Å². The molecular formula is C10H17N3. The summed E-state index contributed by atoms with van der Waals surface area (Å²) in [6.07, 6.45) is 4.69. The predicted octanol–water partition coefficient (Wildman–Crippen LogP) is 2.10. The molecule has 0 aliphatic rings. The van der Waals surface area contributed by atoms with Gasteiger partial charge in [0.15, 0.2) is 0 Å². The van der Waals surface area contributed by atoms with Gasteiger partial charge >= 0.3 is 0 Å². The minimum atomic E-state index is 0.395. The van der Waals surface area contributed by atoms with Crippen LogP contribution in [-0.2, 0) is 6.42 Å². The second-order valence-corrected chi connectivity index (χ2v) is 3.32. The summed E-state index contributed by atoms with van der Waals surface area (Å²) in [5.74, 6) is 0.395. The number of unbranched alkanes of at least 4 members (excludes halogenated alkanes) is 2. The highest BCUT2D eigenvalue weighted by molar-refractivity contribution is 5.21. The van der Waals surface area contributed by atoms with Crippen LogP contribution in [0.2, 0.25) is 0 Å². The van der Waals surface area contributed by atoms with Gasteiger partial charge in [-0.15, -0.1) is 0 Å². The van der Waals surface area contributed by atoms with Gasteiger partial charge in [-0.05, 0) is 25.8 Å². The highest BCUT2D eigenvalue weighted by Gasteiger charge is 1.98. The van der Waals surface area contributed by atoms with Crippen LogP contribution in [-0.4, -0.2) is 9.97 Å². The standard InChI is InChI=1S/C10H17N3/c1-3-4-5-6-9-7-8(2)12-10(11)13-9/h7H,3-6H2,1-2H3,(H2,11,12,13). The number of nitrogen functional groups attached to an aromatic ring is 1. The van der Waals surface area contributed by atoms with Crippen LogP contribution in [0.3, 0.4) is 0 Å². The van der Waals surface area contributed by atoms with Crippen molar-refractivity contribution in [3.8, 4) is 0 Å². The lowest BCUT2D eigenvalue weighted by Gasteiger charge is -2.02. The van der Waals surface area contributed by atoms with Crippen molar-refractivity contribution in [1.29, 1.82) is 0 Å². The van der Waals surface area contributed by atoms with Crippen molar-refractivity contribution in [2.45, 2.75) is 39.5 Å². The topological polar surface area (TPSA) is 51.8 Å². The summed E-state index contributed by atoms with van der Waals surface area (Å²) in [4.78, 5) is 8.20. The number of nitrogens with two attached hydrogens (primary N) is 1. The Labute approximate surface area is 79.4 Å². The normalized spacial score (nSPS) is 10.3. The molecule has 1 rings (SSSR count).